The SMILES string of the molecule is O=C(CBr)c1cc(O)c(F)cc1F. The Kier molecular flexibility index (Phi) is 2.98. The van der Waals surface area contributed by atoms with E-state index in [0.29, 0.717) is 6.07 Å². The molecule has 0 aromatic heterocycles. The fourth-order valence-electron chi connectivity index (χ4n) is 0.823. The summed E-state index contributed by atoms with van der Waals surface area (Å²) in [5.74, 6) is -3.33. The van der Waals surface area contributed by atoms with Crippen LogP contribution in [0.15, 0.2) is 12.1 Å². The number of rotatable bonds is 2. The molecule has 13 heavy (non-hydrogen) atoms. The number of phenolic OH excluding ortho intramolecular Hbond substituents is 1. The summed E-state index contributed by atoms with van der Waals surface area (Å²) in [6.45, 7) is 0. The average molecular weight is 251 g/mol. The molecule has 0 aliphatic rings. The van der Waals surface area contributed by atoms with Crippen LogP contribution in [0.2, 0.25) is 0 Å². The minimum Gasteiger partial charge on any atom is -0.505 e. The van der Waals surface area contributed by atoms with Crippen LogP contribution < -0.4 is 0 Å². The van der Waals surface area contributed by atoms with Gasteiger partial charge in [0.15, 0.2) is 17.3 Å². The summed E-state index contributed by atoms with van der Waals surface area (Å²) in [5.41, 5.74) is -0.323. The number of alkyl halides is 1. The van der Waals surface area contributed by atoms with Gasteiger partial charge < -0.3 is 5.11 Å². The Morgan fingerprint density at radius 1 is 1.38 bits per heavy atom. The maximum atomic E-state index is 12.9. The Morgan fingerprint density at radius 2 is 2.00 bits per heavy atom. The van der Waals surface area contributed by atoms with E-state index in [2.05, 4.69) is 15.9 Å². The van der Waals surface area contributed by atoms with Crippen molar-refractivity contribution in [3.63, 3.8) is 0 Å². The molecule has 5 heteroatoms. The zero-order valence-electron chi connectivity index (χ0n) is 6.35. The van der Waals surface area contributed by atoms with Gasteiger partial charge in [-0.3, -0.25) is 4.79 Å². The molecule has 2 nitrogen and oxygen atoms in total. The van der Waals surface area contributed by atoms with Crippen LogP contribution in [-0.2, 0) is 0 Å². The van der Waals surface area contributed by atoms with Crippen LogP contribution in [0.4, 0.5) is 8.78 Å². The normalized spacial score (nSPS) is 10.1. The Hall–Kier alpha value is -0.970. The highest BCUT2D eigenvalue weighted by Gasteiger charge is 2.14. The standard InChI is InChI=1S/C8H5BrF2O2/c9-3-8(13)4-1-7(12)6(11)2-5(4)10/h1-2,12H,3H2. The van der Waals surface area contributed by atoms with Gasteiger partial charge in [0.1, 0.15) is 5.82 Å². The Balaban J connectivity index is 3.23. The Bertz CT molecular complexity index is 352. The van der Waals surface area contributed by atoms with Crippen molar-refractivity contribution in [1.82, 2.24) is 0 Å². The molecule has 0 spiro atoms. The number of aromatic hydroxyl groups is 1. The highest BCUT2D eigenvalue weighted by molar-refractivity contribution is 9.09. The number of hydrogen-bond acceptors (Lipinski definition) is 2. The van der Waals surface area contributed by atoms with Crippen LogP contribution in [0.25, 0.3) is 0 Å². The van der Waals surface area contributed by atoms with Gasteiger partial charge in [0, 0.05) is 6.07 Å². The Morgan fingerprint density at radius 3 is 2.54 bits per heavy atom. The number of carbonyl (C=O) groups is 1. The van der Waals surface area contributed by atoms with Crippen LogP contribution in [-0.4, -0.2) is 16.2 Å². The van der Waals surface area contributed by atoms with E-state index >= 15 is 0 Å². The molecule has 0 amide bonds. The average Bonchev–Trinajstić information content (AvgIpc) is 2.10. The summed E-state index contributed by atoms with van der Waals surface area (Å²) in [6, 6.07) is 1.25. The Labute approximate surface area is 81.3 Å². The molecule has 0 atom stereocenters. The first-order valence-electron chi connectivity index (χ1n) is 3.33. The molecule has 0 saturated heterocycles. The second kappa shape index (κ2) is 3.83. The first-order chi connectivity index (χ1) is 6.06. The molecular formula is C8H5BrF2O2. The van der Waals surface area contributed by atoms with Crippen molar-refractivity contribution < 1.29 is 18.7 Å². The lowest BCUT2D eigenvalue weighted by Gasteiger charge is -2.01. The molecule has 0 radical (unpaired) electrons. The lowest BCUT2D eigenvalue weighted by molar-refractivity contribution is 0.101. The first kappa shape index (κ1) is 10.1. The first-order valence-corrected chi connectivity index (χ1v) is 4.45. The van der Waals surface area contributed by atoms with Gasteiger partial charge in [-0.05, 0) is 6.07 Å². The third kappa shape index (κ3) is 2.03. The molecule has 0 saturated carbocycles. The van der Waals surface area contributed by atoms with E-state index in [4.69, 9.17) is 5.11 Å². The van der Waals surface area contributed by atoms with Crippen molar-refractivity contribution in [2.24, 2.45) is 0 Å². The molecule has 1 aromatic rings. The maximum absolute atomic E-state index is 12.9. The zero-order valence-corrected chi connectivity index (χ0v) is 7.94. The molecule has 0 fully saturated rings. The van der Waals surface area contributed by atoms with Gasteiger partial charge in [-0.1, -0.05) is 15.9 Å². The van der Waals surface area contributed by atoms with Crippen LogP contribution in [0, 0.1) is 11.6 Å². The predicted molar refractivity (Wildman–Crippen MR) is 46.1 cm³/mol. The predicted octanol–water partition coefficient (Wildman–Crippen LogP) is 2.25. The van der Waals surface area contributed by atoms with E-state index in [-0.39, 0.29) is 10.9 Å². The molecule has 1 aromatic carbocycles. The minimum absolute atomic E-state index is 0.0744. The molecule has 0 aliphatic carbocycles. The van der Waals surface area contributed by atoms with Gasteiger partial charge in [-0.15, -0.1) is 0 Å². The summed E-state index contributed by atoms with van der Waals surface area (Å²) in [7, 11) is 0. The molecule has 70 valence electrons. The lowest BCUT2D eigenvalue weighted by Crippen LogP contribution is -2.03. The van der Waals surface area contributed by atoms with Gasteiger partial charge in [-0.2, -0.15) is 0 Å². The monoisotopic (exact) mass is 250 g/mol. The van der Waals surface area contributed by atoms with Crippen LogP contribution >= 0.6 is 15.9 Å². The van der Waals surface area contributed by atoms with Gasteiger partial charge >= 0.3 is 0 Å². The van der Waals surface area contributed by atoms with Crippen molar-refractivity contribution in [3.05, 3.63) is 29.3 Å². The van der Waals surface area contributed by atoms with Gasteiger partial charge in [0.05, 0.1) is 10.9 Å². The number of ketones is 1. The highest BCUT2D eigenvalue weighted by Crippen LogP contribution is 2.20. The van der Waals surface area contributed by atoms with Crippen molar-refractivity contribution in [2.45, 2.75) is 0 Å². The molecule has 0 bridgehead atoms. The summed E-state index contributed by atoms with van der Waals surface area (Å²) in [5, 5.41) is 8.79. The third-order valence-corrected chi connectivity index (χ3v) is 1.97. The van der Waals surface area contributed by atoms with Gasteiger partial charge in [0.25, 0.3) is 0 Å². The molecule has 1 rings (SSSR count). The van der Waals surface area contributed by atoms with Crippen molar-refractivity contribution in [2.75, 3.05) is 5.33 Å². The van der Waals surface area contributed by atoms with Crippen LogP contribution in [0.5, 0.6) is 5.75 Å². The largest absolute Gasteiger partial charge is 0.505 e. The van der Waals surface area contributed by atoms with E-state index in [9.17, 15) is 13.6 Å². The summed E-state index contributed by atoms with van der Waals surface area (Å²) in [4.78, 5) is 11.0. The number of benzene rings is 1. The van der Waals surface area contributed by atoms with Crippen molar-refractivity contribution >= 4 is 21.7 Å². The maximum Gasteiger partial charge on any atom is 0.176 e. The molecule has 0 aliphatic heterocycles. The van der Waals surface area contributed by atoms with Gasteiger partial charge in [-0.25, -0.2) is 8.78 Å². The second-order valence-corrected chi connectivity index (χ2v) is 2.90. The van der Waals surface area contributed by atoms with E-state index in [1.165, 1.54) is 0 Å². The van der Waals surface area contributed by atoms with E-state index < -0.39 is 23.2 Å². The highest BCUT2D eigenvalue weighted by atomic mass is 79.9. The number of hydrogen-bond donors (Lipinski definition) is 1. The number of phenols is 1. The van der Waals surface area contributed by atoms with E-state index in [1.807, 2.05) is 0 Å². The molecular weight excluding hydrogens is 246 g/mol. The van der Waals surface area contributed by atoms with Crippen molar-refractivity contribution in [1.29, 1.82) is 0 Å². The summed E-state index contributed by atoms with van der Waals surface area (Å²) in [6.07, 6.45) is 0. The van der Waals surface area contributed by atoms with E-state index in [1.54, 1.807) is 0 Å². The van der Waals surface area contributed by atoms with Crippen LogP contribution in [0.3, 0.4) is 0 Å². The lowest BCUT2D eigenvalue weighted by atomic mass is 10.1. The summed E-state index contributed by atoms with van der Waals surface area (Å²) >= 11 is 2.84. The quantitative estimate of drug-likeness (QED) is 0.646. The van der Waals surface area contributed by atoms with Crippen molar-refractivity contribution in [3.8, 4) is 5.75 Å². The second-order valence-electron chi connectivity index (χ2n) is 2.34. The van der Waals surface area contributed by atoms with E-state index in [0.717, 1.165) is 6.07 Å². The number of halogens is 3. The zero-order chi connectivity index (χ0) is 10.0. The minimum atomic E-state index is -1.08. The fourth-order valence-corrected chi connectivity index (χ4v) is 1.13. The third-order valence-electron chi connectivity index (χ3n) is 1.46. The van der Waals surface area contributed by atoms with Crippen LogP contribution in [0.1, 0.15) is 10.4 Å². The molecule has 0 heterocycles. The molecule has 1 N–H and O–H groups in total. The topological polar surface area (TPSA) is 37.3 Å². The molecule has 0 unspecified atom stereocenters. The fraction of sp³-hybridized carbons (Fsp3) is 0.125. The summed E-state index contributed by atoms with van der Waals surface area (Å²) < 4.78 is 25.4. The number of Topliss-reactive ketones (excluding diaryl/α,β-unsaturated/α-hetero) is 1. The smallest absolute Gasteiger partial charge is 0.176 e. The number of carbonyl (C=O) groups excluding carboxylic acids is 1. The van der Waals surface area contributed by atoms with Gasteiger partial charge in [0.2, 0.25) is 0 Å².